The van der Waals surface area contributed by atoms with E-state index in [2.05, 4.69) is 30.4 Å². The summed E-state index contributed by atoms with van der Waals surface area (Å²) < 4.78 is 0. The molecular weight excluding hydrogens is 376 g/mol. The molecule has 1 fully saturated rings. The van der Waals surface area contributed by atoms with Crippen LogP contribution < -0.4 is 11.0 Å². The average Bonchev–Trinajstić information content (AvgIpc) is 3.36. The maximum Gasteiger partial charge on any atom is 0.340 e. The summed E-state index contributed by atoms with van der Waals surface area (Å²) in [5.41, 5.74) is 1.40. The third-order valence-electron chi connectivity index (χ3n) is 4.83. The lowest BCUT2D eigenvalue weighted by Gasteiger charge is -2.30. The van der Waals surface area contributed by atoms with Gasteiger partial charge in [0.15, 0.2) is 0 Å². The van der Waals surface area contributed by atoms with Crippen LogP contribution in [0.25, 0.3) is 0 Å². The van der Waals surface area contributed by atoms with Crippen molar-refractivity contribution in [3.8, 4) is 0 Å². The van der Waals surface area contributed by atoms with Gasteiger partial charge in [-0.2, -0.15) is 5.10 Å². The maximum atomic E-state index is 12.1. The Balaban J connectivity index is 1.30. The Morgan fingerprint density at radius 1 is 1.32 bits per heavy atom. The molecule has 3 aromatic rings. The van der Waals surface area contributed by atoms with Gasteiger partial charge in [0.1, 0.15) is 10.8 Å². The largest absolute Gasteiger partial charge is 0.346 e. The van der Waals surface area contributed by atoms with E-state index < -0.39 is 0 Å². The number of amides is 1. The van der Waals surface area contributed by atoms with Crippen molar-refractivity contribution in [2.75, 3.05) is 13.1 Å². The summed E-state index contributed by atoms with van der Waals surface area (Å²) >= 11 is 1.56. The second kappa shape index (κ2) is 8.49. The zero-order valence-electron chi connectivity index (χ0n) is 15.4. The van der Waals surface area contributed by atoms with Crippen LogP contribution in [0.1, 0.15) is 45.6 Å². The highest BCUT2D eigenvalue weighted by Crippen LogP contribution is 2.25. The monoisotopic (exact) mass is 398 g/mol. The number of aromatic amines is 2. The van der Waals surface area contributed by atoms with Crippen molar-refractivity contribution in [1.82, 2.24) is 30.4 Å². The first-order valence-corrected chi connectivity index (χ1v) is 10.2. The number of H-pyrrole nitrogens is 2. The van der Waals surface area contributed by atoms with Gasteiger partial charge in [0.05, 0.1) is 12.2 Å². The number of rotatable bonds is 6. The van der Waals surface area contributed by atoms with Gasteiger partial charge in [-0.25, -0.2) is 14.9 Å². The Morgan fingerprint density at radius 3 is 2.96 bits per heavy atom. The molecule has 1 aromatic carbocycles. The van der Waals surface area contributed by atoms with Crippen LogP contribution in [-0.2, 0) is 13.1 Å². The molecule has 28 heavy (non-hydrogen) atoms. The Hall–Kier alpha value is -2.78. The van der Waals surface area contributed by atoms with Crippen molar-refractivity contribution in [3.63, 3.8) is 0 Å². The zero-order chi connectivity index (χ0) is 19.3. The Bertz CT molecular complexity index is 979. The molecule has 1 atom stereocenters. The van der Waals surface area contributed by atoms with Crippen molar-refractivity contribution in [2.45, 2.75) is 31.8 Å². The van der Waals surface area contributed by atoms with Crippen LogP contribution in [0.4, 0.5) is 0 Å². The quantitative estimate of drug-likeness (QED) is 0.588. The number of piperidine rings is 1. The molecule has 0 aliphatic carbocycles. The number of likely N-dealkylation sites (tertiary alicyclic amines) is 1. The lowest BCUT2D eigenvalue weighted by Crippen LogP contribution is -2.34. The number of benzene rings is 1. The van der Waals surface area contributed by atoms with Crippen molar-refractivity contribution < 1.29 is 4.79 Å². The minimum absolute atomic E-state index is 0.0933. The standard InChI is InChI=1S/C19H22N6O2S/c26-18(13-5-2-1-3-6-13)20-9-16-21-15(12-28-16)11-25-8-4-7-14(10-25)17-22-19(27)24-23-17/h1-3,5-6,12,14H,4,7-11H2,(H,20,26)(H2,22,23,24,27). The third kappa shape index (κ3) is 4.55. The summed E-state index contributed by atoms with van der Waals surface area (Å²) in [5.74, 6) is 0.873. The van der Waals surface area contributed by atoms with Crippen LogP contribution >= 0.6 is 11.3 Å². The summed E-state index contributed by atoms with van der Waals surface area (Å²) in [6.45, 7) is 3.03. The van der Waals surface area contributed by atoms with Gasteiger partial charge in [0, 0.05) is 30.0 Å². The topological polar surface area (TPSA) is 107 Å². The van der Waals surface area contributed by atoms with Gasteiger partial charge in [0.25, 0.3) is 5.91 Å². The first-order chi connectivity index (χ1) is 13.7. The average molecular weight is 398 g/mol. The van der Waals surface area contributed by atoms with Crippen LogP contribution in [0.2, 0.25) is 0 Å². The molecule has 2 aromatic heterocycles. The molecule has 8 nitrogen and oxygen atoms in total. The van der Waals surface area contributed by atoms with Crippen molar-refractivity contribution in [2.24, 2.45) is 0 Å². The molecule has 0 radical (unpaired) electrons. The van der Waals surface area contributed by atoms with E-state index in [-0.39, 0.29) is 17.5 Å². The highest BCUT2D eigenvalue weighted by atomic mass is 32.1. The molecule has 1 unspecified atom stereocenters. The molecule has 146 valence electrons. The first kappa shape index (κ1) is 18.6. The second-order valence-corrected chi connectivity index (χ2v) is 7.86. The number of aromatic nitrogens is 4. The predicted molar refractivity (Wildman–Crippen MR) is 106 cm³/mol. The maximum absolute atomic E-state index is 12.1. The van der Waals surface area contributed by atoms with Crippen LogP contribution in [0.15, 0.2) is 40.5 Å². The summed E-state index contributed by atoms with van der Waals surface area (Å²) in [6, 6.07) is 9.17. The lowest BCUT2D eigenvalue weighted by atomic mass is 9.97. The fourth-order valence-corrected chi connectivity index (χ4v) is 4.20. The molecule has 0 bridgehead atoms. The Kier molecular flexibility index (Phi) is 5.63. The highest BCUT2D eigenvalue weighted by molar-refractivity contribution is 7.09. The van der Waals surface area contributed by atoms with Crippen molar-refractivity contribution >= 4 is 17.2 Å². The van der Waals surface area contributed by atoms with Gasteiger partial charge >= 0.3 is 5.69 Å². The second-order valence-electron chi connectivity index (χ2n) is 6.92. The van der Waals surface area contributed by atoms with E-state index in [1.165, 1.54) is 0 Å². The first-order valence-electron chi connectivity index (χ1n) is 9.31. The SMILES string of the molecule is O=C(NCc1nc(CN2CCCC(c3n[nH]c(=O)[nH]3)C2)cs1)c1ccccc1. The summed E-state index contributed by atoms with van der Waals surface area (Å²) in [7, 11) is 0. The van der Waals surface area contributed by atoms with Crippen molar-refractivity contribution in [1.29, 1.82) is 0 Å². The molecule has 0 saturated carbocycles. The van der Waals surface area contributed by atoms with Gasteiger partial charge in [-0.1, -0.05) is 18.2 Å². The molecule has 4 rings (SSSR count). The Labute approximate surface area is 166 Å². The van der Waals surface area contributed by atoms with Gasteiger partial charge in [-0.3, -0.25) is 14.7 Å². The van der Waals surface area contributed by atoms with E-state index in [1.54, 1.807) is 23.5 Å². The van der Waals surface area contributed by atoms with Crippen LogP contribution in [0.3, 0.4) is 0 Å². The molecular formula is C19H22N6O2S. The highest BCUT2D eigenvalue weighted by Gasteiger charge is 2.24. The van der Waals surface area contributed by atoms with E-state index in [0.717, 1.165) is 49.0 Å². The molecule has 1 saturated heterocycles. The number of hydrogen-bond acceptors (Lipinski definition) is 6. The van der Waals surface area contributed by atoms with E-state index in [9.17, 15) is 9.59 Å². The number of carbonyl (C=O) groups excluding carboxylic acids is 1. The van der Waals surface area contributed by atoms with E-state index >= 15 is 0 Å². The molecule has 0 spiro atoms. The normalized spacial score (nSPS) is 17.5. The molecule has 3 N–H and O–H groups in total. The van der Waals surface area contributed by atoms with Gasteiger partial charge in [0.2, 0.25) is 0 Å². The van der Waals surface area contributed by atoms with Crippen LogP contribution in [0, 0.1) is 0 Å². The van der Waals surface area contributed by atoms with E-state index in [4.69, 9.17) is 0 Å². The third-order valence-corrected chi connectivity index (χ3v) is 5.73. The fourth-order valence-electron chi connectivity index (χ4n) is 3.48. The van der Waals surface area contributed by atoms with E-state index in [1.807, 2.05) is 23.6 Å². The summed E-state index contributed by atoms with van der Waals surface area (Å²) in [6.07, 6.45) is 2.08. The molecule has 1 aliphatic heterocycles. The van der Waals surface area contributed by atoms with Gasteiger partial charge in [-0.05, 0) is 31.5 Å². The predicted octanol–water partition coefficient (Wildman–Crippen LogP) is 1.86. The number of nitrogens with one attached hydrogen (secondary N) is 3. The smallest absolute Gasteiger partial charge is 0.340 e. The lowest BCUT2D eigenvalue weighted by molar-refractivity contribution is 0.0951. The summed E-state index contributed by atoms with van der Waals surface area (Å²) in [5, 5.41) is 12.4. The van der Waals surface area contributed by atoms with Gasteiger partial charge < -0.3 is 5.32 Å². The van der Waals surface area contributed by atoms with E-state index in [0.29, 0.717) is 12.1 Å². The van der Waals surface area contributed by atoms with Crippen LogP contribution in [0.5, 0.6) is 0 Å². The zero-order valence-corrected chi connectivity index (χ0v) is 16.2. The molecule has 1 amide bonds. The number of thiazole rings is 1. The molecule has 1 aliphatic rings. The minimum atomic E-state index is -0.256. The fraction of sp³-hybridized carbons (Fsp3) is 0.368. The molecule has 9 heteroatoms. The van der Waals surface area contributed by atoms with Crippen molar-refractivity contribution in [3.05, 3.63) is 68.3 Å². The number of hydrogen-bond donors (Lipinski definition) is 3. The number of carbonyl (C=O) groups is 1. The van der Waals surface area contributed by atoms with Gasteiger partial charge in [-0.15, -0.1) is 11.3 Å². The minimum Gasteiger partial charge on any atom is -0.346 e. The summed E-state index contributed by atoms with van der Waals surface area (Å²) in [4.78, 5) is 33.2. The van der Waals surface area contributed by atoms with Crippen LogP contribution in [-0.4, -0.2) is 44.1 Å². The Morgan fingerprint density at radius 2 is 2.18 bits per heavy atom. The molecule has 3 heterocycles. The number of nitrogens with zero attached hydrogens (tertiary/aromatic N) is 3.